The van der Waals surface area contributed by atoms with Crippen molar-refractivity contribution in [2.45, 2.75) is 23.8 Å². The lowest BCUT2D eigenvalue weighted by Crippen LogP contribution is -2.41. The third kappa shape index (κ3) is 3.33. The van der Waals surface area contributed by atoms with Crippen LogP contribution < -0.4 is 5.32 Å². The van der Waals surface area contributed by atoms with E-state index >= 15 is 0 Å². The minimum Gasteiger partial charge on any atom is -0.318 e. The maximum absolute atomic E-state index is 13.7. The van der Waals surface area contributed by atoms with Crippen molar-refractivity contribution in [1.29, 1.82) is 0 Å². The zero-order chi connectivity index (χ0) is 14.9. The van der Waals surface area contributed by atoms with Gasteiger partial charge in [0, 0.05) is 19.1 Å². The van der Waals surface area contributed by atoms with Crippen LogP contribution in [0.5, 0.6) is 0 Å². The molecule has 120 valence electrons. The molecule has 1 heterocycles. The number of nitrogens with zero attached hydrogens (tertiary/aromatic N) is 1. The summed E-state index contributed by atoms with van der Waals surface area (Å²) in [6.45, 7) is 0.664. The van der Waals surface area contributed by atoms with Crippen LogP contribution in [0.15, 0.2) is 17.0 Å². The second kappa shape index (κ2) is 6.95. The molecule has 0 radical (unpaired) electrons. The SMILES string of the molecule is CNCC1CCCN1S(=O)(=O)c1ccc(F)c(F)c1F.Cl. The summed E-state index contributed by atoms with van der Waals surface area (Å²) in [5, 5.41) is 2.86. The average Bonchev–Trinajstić information content (AvgIpc) is 2.85. The van der Waals surface area contributed by atoms with Crippen molar-refractivity contribution in [2.24, 2.45) is 0 Å². The van der Waals surface area contributed by atoms with Gasteiger partial charge in [-0.2, -0.15) is 4.31 Å². The summed E-state index contributed by atoms with van der Waals surface area (Å²) in [6.07, 6.45) is 1.29. The molecular weight excluding hydrogens is 329 g/mol. The Hall–Kier alpha value is -0.830. The van der Waals surface area contributed by atoms with Gasteiger partial charge in [0.25, 0.3) is 0 Å². The third-order valence-electron chi connectivity index (χ3n) is 3.35. The number of benzene rings is 1. The van der Waals surface area contributed by atoms with Gasteiger partial charge in [-0.05, 0) is 32.0 Å². The van der Waals surface area contributed by atoms with Gasteiger partial charge in [-0.15, -0.1) is 12.4 Å². The number of nitrogens with one attached hydrogen (secondary N) is 1. The predicted octanol–water partition coefficient (Wildman–Crippen LogP) is 1.90. The van der Waals surface area contributed by atoms with Gasteiger partial charge in [0.15, 0.2) is 17.5 Å². The van der Waals surface area contributed by atoms with Crippen molar-refractivity contribution in [3.8, 4) is 0 Å². The first-order valence-electron chi connectivity index (χ1n) is 6.19. The van der Waals surface area contributed by atoms with Crippen molar-refractivity contribution >= 4 is 22.4 Å². The van der Waals surface area contributed by atoms with E-state index in [0.717, 1.165) is 10.4 Å². The molecule has 1 aromatic carbocycles. The Kier molecular flexibility index (Phi) is 6.03. The molecule has 2 rings (SSSR count). The smallest absolute Gasteiger partial charge is 0.246 e. The molecule has 1 aromatic rings. The van der Waals surface area contributed by atoms with Crippen LogP contribution in [0, 0.1) is 17.5 Å². The number of likely N-dealkylation sites (N-methyl/N-ethyl adjacent to an activating group) is 1. The van der Waals surface area contributed by atoms with Crippen LogP contribution in [0.3, 0.4) is 0 Å². The molecule has 0 amide bonds. The van der Waals surface area contributed by atoms with Crippen molar-refractivity contribution in [3.05, 3.63) is 29.6 Å². The van der Waals surface area contributed by atoms with Gasteiger partial charge in [-0.3, -0.25) is 0 Å². The van der Waals surface area contributed by atoms with E-state index in [2.05, 4.69) is 5.32 Å². The molecule has 0 saturated carbocycles. The van der Waals surface area contributed by atoms with E-state index in [4.69, 9.17) is 0 Å². The monoisotopic (exact) mass is 344 g/mol. The number of halogens is 4. The van der Waals surface area contributed by atoms with Crippen molar-refractivity contribution in [3.63, 3.8) is 0 Å². The average molecular weight is 345 g/mol. The fourth-order valence-electron chi connectivity index (χ4n) is 2.40. The zero-order valence-electron chi connectivity index (χ0n) is 11.3. The minimum absolute atomic E-state index is 0. The molecule has 4 nitrogen and oxygen atoms in total. The molecule has 1 fully saturated rings. The molecule has 1 atom stereocenters. The zero-order valence-corrected chi connectivity index (χ0v) is 12.9. The number of hydrogen-bond donors (Lipinski definition) is 1. The highest BCUT2D eigenvalue weighted by atomic mass is 35.5. The molecular formula is C12H16ClF3N2O2S. The first-order chi connectivity index (χ1) is 9.39. The van der Waals surface area contributed by atoms with E-state index in [0.29, 0.717) is 25.5 Å². The summed E-state index contributed by atoms with van der Waals surface area (Å²) in [5.41, 5.74) is 0. The van der Waals surface area contributed by atoms with Crippen LogP contribution in [0.4, 0.5) is 13.2 Å². The highest BCUT2D eigenvalue weighted by Gasteiger charge is 2.37. The highest BCUT2D eigenvalue weighted by molar-refractivity contribution is 7.89. The van der Waals surface area contributed by atoms with E-state index in [1.54, 1.807) is 7.05 Å². The minimum atomic E-state index is -4.17. The molecule has 1 aliphatic rings. The lowest BCUT2D eigenvalue weighted by atomic mass is 10.2. The normalized spacial score (nSPS) is 19.5. The van der Waals surface area contributed by atoms with Crippen LogP contribution in [0.1, 0.15) is 12.8 Å². The number of sulfonamides is 1. The Morgan fingerprint density at radius 1 is 1.29 bits per heavy atom. The van der Waals surface area contributed by atoms with Crippen LogP contribution in [0.2, 0.25) is 0 Å². The summed E-state index contributed by atoms with van der Waals surface area (Å²) < 4.78 is 65.7. The predicted molar refractivity (Wildman–Crippen MR) is 74.4 cm³/mol. The summed E-state index contributed by atoms with van der Waals surface area (Å²) in [5.74, 6) is -4.84. The van der Waals surface area contributed by atoms with Crippen LogP contribution in [-0.4, -0.2) is 38.9 Å². The Morgan fingerprint density at radius 2 is 1.95 bits per heavy atom. The molecule has 0 aromatic heterocycles. The summed E-state index contributed by atoms with van der Waals surface area (Å²) >= 11 is 0. The maximum atomic E-state index is 13.7. The molecule has 0 bridgehead atoms. The highest BCUT2D eigenvalue weighted by Crippen LogP contribution is 2.28. The summed E-state index contributed by atoms with van der Waals surface area (Å²) in [7, 11) is -2.49. The second-order valence-electron chi connectivity index (χ2n) is 4.64. The summed E-state index contributed by atoms with van der Waals surface area (Å²) in [6, 6.07) is 1.07. The molecule has 1 unspecified atom stereocenters. The van der Waals surface area contributed by atoms with Crippen LogP contribution in [-0.2, 0) is 10.0 Å². The Bertz CT molecular complexity index is 613. The topological polar surface area (TPSA) is 49.4 Å². The van der Waals surface area contributed by atoms with Crippen molar-refractivity contribution in [2.75, 3.05) is 20.1 Å². The Balaban J connectivity index is 0.00000220. The van der Waals surface area contributed by atoms with Crippen LogP contribution in [0.25, 0.3) is 0 Å². The fourth-order valence-corrected chi connectivity index (χ4v) is 4.15. The van der Waals surface area contributed by atoms with Crippen molar-refractivity contribution < 1.29 is 21.6 Å². The fraction of sp³-hybridized carbons (Fsp3) is 0.500. The number of hydrogen-bond acceptors (Lipinski definition) is 3. The van der Waals surface area contributed by atoms with Gasteiger partial charge >= 0.3 is 0 Å². The lowest BCUT2D eigenvalue weighted by molar-refractivity contribution is 0.372. The van der Waals surface area contributed by atoms with E-state index in [9.17, 15) is 21.6 Å². The van der Waals surface area contributed by atoms with Crippen LogP contribution >= 0.6 is 12.4 Å². The maximum Gasteiger partial charge on any atom is 0.246 e. The molecule has 1 aliphatic heterocycles. The van der Waals surface area contributed by atoms with E-state index in [1.807, 2.05) is 0 Å². The standard InChI is InChI=1S/C12H15F3N2O2S.ClH/c1-16-7-8-3-2-6-17(8)20(18,19)10-5-4-9(13)11(14)12(10)15;/h4-5,8,16H,2-3,6-7H2,1H3;1H. The Labute approximate surface area is 127 Å². The van der Waals surface area contributed by atoms with E-state index in [1.165, 1.54) is 0 Å². The molecule has 1 N–H and O–H groups in total. The van der Waals surface area contributed by atoms with E-state index in [-0.39, 0.29) is 25.0 Å². The molecule has 1 saturated heterocycles. The summed E-state index contributed by atoms with van der Waals surface area (Å²) in [4.78, 5) is -0.820. The lowest BCUT2D eigenvalue weighted by Gasteiger charge is -2.24. The number of rotatable bonds is 4. The quantitative estimate of drug-likeness (QED) is 0.849. The molecule has 9 heteroatoms. The molecule has 0 spiro atoms. The van der Waals surface area contributed by atoms with Gasteiger partial charge in [-0.1, -0.05) is 0 Å². The first kappa shape index (κ1) is 18.2. The second-order valence-corrected chi connectivity index (χ2v) is 6.50. The van der Waals surface area contributed by atoms with Gasteiger partial charge in [0.2, 0.25) is 10.0 Å². The van der Waals surface area contributed by atoms with E-state index < -0.39 is 32.4 Å². The molecule has 21 heavy (non-hydrogen) atoms. The first-order valence-corrected chi connectivity index (χ1v) is 7.63. The largest absolute Gasteiger partial charge is 0.318 e. The van der Waals surface area contributed by atoms with Gasteiger partial charge in [0.05, 0.1) is 0 Å². The molecule has 0 aliphatic carbocycles. The van der Waals surface area contributed by atoms with Gasteiger partial charge in [-0.25, -0.2) is 21.6 Å². The van der Waals surface area contributed by atoms with Crippen molar-refractivity contribution in [1.82, 2.24) is 9.62 Å². The Morgan fingerprint density at radius 3 is 2.57 bits per heavy atom. The third-order valence-corrected chi connectivity index (χ3v) is 5.32. The van der Waals surface area contributed by atoms with Gasteiger partial charge in [0.1, 0.15) is 4.90 Å². The van der Waals surface area contributed by atoms with Gasteiger partial charge < -0.3 is 5.32 Å².